The van der Waals surface area contributed by atoms with Crippen LogP contribution in [0, 0.1) is 17.0 Å². The highest BCUT2D eigenvalue weighted by Gasteiger charge is 2.66. The van der Waals surface area contributed by atoms with E-state index in [2.05, 4.69) is 34.0 Å². The Balaban J connectivity index is 1.76. The number of aromatic nitrogens is 4. The molecule has 0 saturated heterocycles. The second kappa shape index (κ2) is 6.41. The maximum absolute atomic E-state index is 14.4. The molecule has 1 aromatic carbocycles. The van der Waals surface area contributed by atoms with E-state index in [1.807, 2.05) is 0 Å². The first kappa shape index (κ1) is 19.3. The van der Waals surface area contributed by atoms with E-state index in [1.54, 1.807) is 19.4 Å². The normalized spacial score (nSPS) is 23.5. The molecule has 1 saturated carbocycles. The molecule has 30 heavy (non-hydrogen) atoms. The molecule has 8 heteroatoms. The van der Waals surface area contributed by atoms with Crippen LogP contribution < -0.4 is 4.74 Å². The van der Waals surface area contributed by atoms with Crippen molar-refractivity contribution in [3.8, 4) is 17.0 Å². The monoisotopic (exact) mass is 428 g/mol. The summed E-state index contributed by atoms with van der Waals surface area (Å²) in [6.07, 6.45) is 3.25. The molecule has 3 aromatic rings. The van der Waals surface area contributed by atoms with Gasteiger partial charge in [-0.25, -0.2) is 18.7 Å². The fourth-order valence-electron chi connectivity index (χ4n) is 5.52. The van der Waals surface area contributed by atoms with E-state index in [1.165, 1.54) is 18.2 Å². The van der Waals surface area contributed by atoms with Crippen molar-refractivity contribution in [3.63, 3.8) is 0 Å². The van der Waals surface area contributed by atoms with Crippen LogP contribution in [-0.2, 0) is 5.41 Å². The lowest BCUT2D eigenvalue weighted by atomic mass is 9.66. The minimum Gasteiger partial charge on any atom is -0.493 e. The predicted molar refractivity (Wildman–Crippen MR) is 108 cm³/mol. The van der Waals surface area contributed by atoms with Crippen molar-refractivity contribution in [1.82, 2.24) is 20.2 Å². The summed E-state index contributed by atoms with van der Waals surface area (Å²) in [5.74, 6) is -0.654. The zero-order valence-corrected chi connectivity index (χ0v) is 17.5. The third-order valence-electron chi connectivity index (χ3n) is 6.95. The molecule has 5 rings (SSSR count). The number of benzene rings is 1. The molecular formula is C22H19ClF2N4O. The Hall–Kier alpha value is -2.67. The second-order valence-corrected chi connectivity index (χ2v) is 8.74. The van der Waals surface area contributed by atoms with E-state index >= 15 is 0 Å². The zero-order chi connectivity index (χ0) is 21.3. The van der Waals surface area contributed by atoms with Crippen LogP contribution in [0.25, 0.3) is 11.3 Å². The summed E-state index contributed by atoms with van der Waals surface area (Å²) in [7, 11) is 1.57. The smallest absolute Gasteiger partial charge is 0.222 e. The minimum atomic E-state index is -0.661. The van der Waals surface area contributed by atoms with Gasteiger partial charge in [0.15, 0.2) is 5.75 Å². The average Bonchev–Trinajstić information content (AvgIpc) is 3.09. The van der Waals surface area contributed by atoms with E-state index in [0.29, 0.717) is 11.4 Å². The van der Waals surface area contributed by atoms with E-state index in [-0.39, 0.29) is 27.9 Å². The highest BCUT2D eigenvalue weighted by Crippen LogP contribution is 2.70. The first-order valence-electron chi connectivity index (χ1n) is 9.70. The molecule has 2 heterocycles. The Labute approximate surface area is 177 Å². The van der Waals surface area contributed by atoms with Crippen LogP contribution in [0.15, 0.2) is 30.5 Å². The second-order valence-electron chi connectivity index (χ2n) is 8.40. The Morgan fingerprint density at radius 3 is 2.57 bits per heavy atom. The van der Waals surface area contributed by atoms with Gasteiger partial charge in [0.2, 0.25) is 5.28 Å². The maximum Gasteiger partial charge on any atom is 0.222 e. The van der Waals surface area contributed by atoms with Crippen LogP contribution in [0.4, 0.5) is 8.78 Å². The van der Waals surface area contributed by atoms with Gasteiger partial charge < -0.3 is 4.74 Å². The van der Waals surface area contributed by atoms with Crippen LogP contribution in [0.2, 0.25) is 5.28 Å². The largest absolute Gasteiger partial charge is 0.493 e. The number of fused-ring (bicyclic) bond motifs is 5. The Morgan fingerprint density at radius 1 is 1.13 bits per heavy atom. The van der Waals surface area contributed by atoms with Gasteiger partial charge in [0.1, 0.15) is 17.3 Å². The van der Waals surface area contributed by atoms with Crippen molar-refractivity contribution in [1.29, 1.82) is 0 Å². The van der Waals surface area contributed by atoms with Crippen molar-refractivity contribution in [3.05, 3.63) is 64.3 Å². The molecule has 2 bridgehead atoms. The van der Waals surface area contributed by atoms with Gasteiger partial charge in [-0.05, 0) is 59.5 Å². The first-order valence-corrected chi connectivity index (χ1v) is 10.1. The lowest BCUT2D eigenvalue weighted by molar-refractivity contribution is 0.235. The number of hydrogen-bond donors (Lipinski definition) is 0. The number of hydrogen-bond acceptors (Lipinski definition) is 5. The maximum atomic E-state index is 14.4. The highest BCUT2D eigenvalue weighted by atomic mass is 35.5. The predicted octanol–water partition coefficient (Wildman–Crippen LogP) is 5.08. The summed E-state index contributed by atoms with van der Waals surface area (Å²) in [4.78, 5) is 8.59. The topological polar surface area (TPSA) is 60.8 Å². The molecule has 0 N–H and O–H groups in total. The fourth-order valence-corrected chi connectivity index (χ4v) is 5.65. The third-order valence-corrected chi connectivity index (χ3v) is 7.13. The lowest BCUT2D eigenvalue weighted by Gasteiger charge is -2.37. The molecule has 0 amide bonds. The van der Waals surface area contributed by atoms with Gasteiger partial charge in [-0.15, -0.1) is 5.10 Å². The lowest BCUT2D eigenvalue weighted by Crippen LogP contribution is -2.38. The summed E-state index contributed by atoms with van der Waals surface area (Å²) in [5.41, 5.74) is 1.55. The number of ether oxygens (including phenoxy) is 1. The van der Waals surface area contributed by atoms with Crippen molar-refractivity contribution < 1.29 is 13.5 Å². The van der Waals surface area contributed by atoms with Gasteiger partial charge >= 0.3 is 0 Å². The molecule has 0 aliphatic heterocycles. The Morgan fingerprint density at radius 2 is 1.87 bits per heavy atom. The molecule has 2 atom stereocenters. The molecule has 5 nitrogen and oxygen atoms in total. The van der Waals surface area contributed by atoms with Crippen LogP contribution in [-0.4, -0.2) is 27.3 Å². The molecule has 0 spiro atoms. The van der Waals surface area contributed by atoms with Crippen molar-refractivity contribution >= 4 is 11.6 Å². The van der Waals surface area contributed by atoms with Crippen LogP contribution in [0.1, 0.15) is 49.6 Å². The summed E-state index contributed by atoms with van der Waals surface area (Å²) >= 11 is 6.15. The van der Waals surface area contributed by atoms with Gasteiger partial charge in [0.05, 0.1) is 35.7 Å². The van der Waals surface area contributed by atoms with Crippen LogP contribution in [0.5, 0.6) is 5.75 Å². The first-order chi connectivity index (χ1) is 14.3. The van der Waals surface area contributed by atoms with Gasteiger partial charge in [0, 0.05) is 0 Å². The van der Waals surface area contributed by atoms with Crippen molar-refractivity contribution in [2.24, 2.45) is 5.41 Å². The van der Waals surface area contributed by atoms with Gasteiger partial charge in [-0.1, -0.05) is 19.9 Å². The molecule has 2 aliphatic rings. The van der Waals surface area contributed by atoms with Crippen molar-refractivity contribution in [2.45, 2.75) is 38.0 Å². The molecule has 0 radical (unpaired) electrons. The standard InChI is InChI=1S/C22H19ClF2N4O/c1-21(2)12-7-8-22(21,19-16(30-3)10-26-20(23)27-19)18-11(12)9-15(28-29-18)17-13(24)5-4-6-14(17)25/h4-6,9-10,12H,7-8H2,1-3H3/t12-,22+/m0/s1. The summed E-state index contributed by atoms with van der Waals surface area (Å²) in [6.45, 7) is 4.32. The number of halogens is 3. The molecule has 1 fully saturated rings. The zero-order valence-electron chi connectivity index (χ0n) is 16.7. The summed E-state index contributed by atoms with van der Waals surface area (Å²) in [5, 5.41) is 8.87. The fraction of sp³-hybridized carbons (Fsp3) is 0.364. The average molecular weight is 429 g/mol. The van der Waals surface area contributed by atoms with Crippen LogP contribution in [0.3, 0.4) is 0 Å². The summed E-state index contributed by atoms with van der Waals surface area (Å²) < 4.78 is 34.3. The van der Waals surface area contributed by atoms with E-state index in [0.717, 1.165) is 24.1 Å². The SMILES string of the molecule is COc1cnc(Cl)nc1[C@@]12CC[C@@H](c3cc(-c4c(F)cccc4F)nnc31)C2(C)C. The third kappa shape index (κ3) is 2.32. The van der Waals surface area contributed by atoms with Crippen molar-refractivity contribution in [2.75, 3.05) is 7.11 Å². The van der Waals surface area contributed by atoms with E-state index in [4.69, 9.17) is 16.3 Å². The Kier molecular flexibility index (Phi) is 4.13. The van der Waals surface area contributed by atoms with Gasteiger partial charge in [-0.2, -0.15) is 5.10 Å². The van der Waals surface area contributed by atoms with Gasteiger partial charge in [0.25, 0.3) is 0 Å². The van der Waals surface area contributed by atoms with E-state index < -0.39 is 17.0 Å². The van der Waals surface area contributed by atoms with Crippen LogP contribution >= 0.6 is 11.6 Å². The molecule has 0 unspecified atom stereocenters. The van der Waals surface area contributed by atoms with E-state index in [9.17, 15) is 8.78 Å². The quantitative estimate of drug-likeness (QED) is 0.544. The molecule has 154 valence electrons. The van der Waals surface area contributed by atoms with Gasteiger partial charge in [-0.3, -0.25) is 0 Å². The molecule has 2 aromatic heterocycles. The number of methoxy groups -OCH3 is 1. The number of nitrogens with zero attached hydrogens (tertiary/aromatic N) is 4. The minimum absolute atomic E-state index is 0.130. The molecule has 2 aliphatic carbocycles. The highest BCUT2D eigenvalue weighted by molar-refractivity contribution is 6.28. The number of rotatable bonds is 3. The molecular weight excluding hydrogens is 410 g/mol. The summed E-state index contributed by atoms with van der Waals surface area (Å²) in [6, 6.07) is 5.55. The Bertz CT molecular complexity index is 1170.